The zero-order valence-electron chi connectivity index (χ0n) is 12.9. The van der Waals surface area contributed by atoms with Crippen LogP contribution in [0.15, 0.2) is 12.1 Å². The summed E-state index contributed by atoms with van der Waals surface area (Å²) in [5.74, 6) is 0.686. The van der Waals surface area contributed by atoms with E-state index >= 15 is 0 Å². The number of carbonyl (C=O) groups is 1. The third-order valence-electron chi connectivity index (χ3n) is 3.37. The highest BCUT2D eigenvalue weighted by atomic mass is 16.5. The first-order valence-electron chi connectivity index (χ1n) is 7.60. The summed E-state index contributed by atoms with van der Waals surface area (Å²) in [5.41, 5.74) is 1.14. The molecule has 3 nitrogen and oxygen atoms in total. The van der Waals surface area contributed by atoms with E-state index in [2.05, 4.69) is 6.92 Å². The molecule has 0 aliphatic heterocycles. The number of aromatic hydroxyl groups is 1. The Bertz CT molecular complexity index is 438. The van der Waals surface area contributed by atoms with Crippen molar-refractivity contribution < 1.29 is 14.6 Å². The Morgan fingerprint density at radius 1 is 1.15 bits per heavy atom. The van der Waals surface area contributed by atoms with Gasteiger partial charge in [-0.25, -0.2) is 0 Å². The molecule has 0 fully saturated rings. The van der Waals surface area contributed by atoms with Gasteiger partial charge in [0.1, 0.15) is 11.5 Å². The van der Waals surface area contributed by atoms with Crippen LogP contribution >= 0.6 is 0 Å². The van der Waals surface area contributed by atoms with E-state index in [9.17, 15) is 9.90 Å². The monoisotopic (exact) mass is 278 g/mol. The van der Waals surface area contributed by atoms with Crippen LogP contribution in [0.4, 0.5) is 0 Å². The van der Waals surface area contributed by atoms with E-state index in [1.165, 1.54) is 19.8 Å². The number of phenols is 1. The molecule has 0 radical (unpaired) electrons. The molecule has 3 heteroatoms. The maximum atomic E-state index is 11.5. The van der Waals surface area contributed by atoms with Crippen molar-refractivity contribution in [3.05, 3.63) is 23.3 Å². The van der Waals surface area contributed by atoms with Crippen molar-refractivity contribution in [2.75, 3.05) is 6.61 Å². The number of benzene rings is 1. The average molecular weight is 278 g/mol. The second-order valence-electron chi connectivity index (χ2n) is 5.15. The minimum atomic E-state index is -0.116. The Morgan fingerprint density at radius 2 is 1.90 bits per heavy atom. The lowest BCUT2D eigenvalue weighted by Crippen LogP contribution is -2.03. The quantitative estimate of drug-likeness (QED) is 0.534. The summed E-state index contributed by atoms with van der Waals surface area (Å²) in [6, 6.07) is 3.46. The van der Waals surface area contributed by atoms with Gasteiger partial charge in [0.2, 0.25) is 0 Å². The molecular weight excluding hydrogens is 252 g/mol. The van der Waals surface area contributed by atoms with Gasteiger partial charge in [0, 0.05) is 5.56 Å². The standard InChI is InChI=1S/C17H26O3/c1-4-6-7-8-12-20-16-11-10-14(13(3)18)17(19)15(16)9-5-2/h10-11,19H,4-9,12H2,1-3H3. The maximum Gasteiger partial charge on any atom is 0.163 e. The first kappa shape index (κ1) is 16.5. The van der Waals surface area contributed by atoms with Gasteiger partial charge >= 0.3 is 0 Å². The number of carbonyl (C=O) groups excluding carboxylic acids is 1. The summed E-state index contributed by atoms with van der Waals surface area (Å²) in [7, 11) is 0. The summed E-state index contributed by atoms with van der Waals surface area (Å²) in [4.78, 5) is 11.5. The largest absolute Gasteiger partial charge is 0.507 e. The van der Waals surface area contributed by atoms with Gasteiger partial charge in [0.15, 0.2) is 5.78 Å². The molecule has 0 aliphatic rings. The highest BCUT2D eigenvalue weighted by molar-refractivity contribution is 5.97. The van der Waals surface area contributed by atoms with Crippen molar-refractivity contribution in [1.82, 2.24) is 0 Å². The normalized spacial score (nSPS) is 10.6. The lowest BCUT2D eigenvalue weighted by molar-refractivity contribution is 0.101. The van der Waals surface area contributed by atoms with Crippen LogP contribution < -0.4 is 4.74 Å². The highest BCUT2D eigenvalue weighted by Gasteiger charge is 2.15. The molecule has 1 rings (SSSR count). The minimum Gasteiger partial charge on any atom is -0.507 e. The first-order valence-corrected chi connectivity index (χ1v) is 7.60. The number of ether oxygens (including phenoxy) is 1. The summed E-state index contributed by atoms with van der Waals surface area (Å²) in [6.07, 6.45) is 6.24. The number of hydrogen-bond acceptors (Lipinski definition) is 3. The molecule has 1 aromatic rings. The Hall–Kier alpha value is -1.51. The Morgan fingerprint density at radius 3 is 2.50 bits per heavy atom. The van der Waals surface area contributed by atoms with E-state index < -0.39 is 0 Å². The summed E-state index contributed by atoms with van der Waals surface area (Å²) in [6.45, 7) is 6.36. The zero-order valence-corrected chi connectivity index (χ0v) is 12.9. The number of phenolic OH excluding ortho intramolecular Hbond substituents is 1. The molecule has 0 aliphatic carbocycles. The van der Waals surface area contributed by atoms with Crippen molar-refractivity contribution in [2.45, 2.75) is 59.3 Å². The molecule has 0 amide bonds. The Balaban J connectivity index is 2.79. The Kier molecular flexibility index (Phi) is 7.13. The van der Waals surface area contributed by atoms with Gasteiger partial charge < -0.3 is 9.84 Å². The van der Waals surface area contributed by atoms with Crippen molar-refractivity contribution >= 4 is 5.78 Å². The lowest BCUT2D eigenvalue weighted by Gasteiger charge is -2.14. The highest BCUT2D eigenvalue weighted by Crippen LogP contribution is 2.33. The van der Waals surface area contributed by atoms with Crippen molar-refractivity contribution in [1.29, 1.82) is 0 Å². The fourth-order valence-electron chi connectivity index (χ4n) is 2.24. The molecule has 112 valence electrons. The molecule has 0 heterocycles. The van der Waals surface area contributed by atoms with Crippen LogP contribution in [0.25, 0.3) is 0 Å². The van der Waals surface area contributed by atoms with Gasteiger partial charge in [-0.2, -0.15) is 0 Å². The van der Waals surface area contributed by atoms with Crippen molar-refractivity contribution in [3.63, 3.8) is 0 Å². The van der Waals surface area contributed by atoms with Crippen molar-refractivity contribution in [2.24, 2.45) is 0 Å². The van der Waals surface area contributed by atoms with E-state index in [4.69, 9.17) is 4.74 Å². The van der Waals surface area contributed by atoms with Gasteiger partial charge in [-0.05, 0) is 31.9 Å². The second-order valence-corrected chi connectivity index (χ2v) is 5.15. The number of hydrogen-bond donors (Lipinski definition) is 1. The summed E-state index contributed by atoms with van der Waals surface area (Å²) in [5, 5.41) is 10.2. The van der Waals surface area contributed by atoms with Crippen LogP contribution in [-0.4, -0.2) is 17.5 Å². The summed E-state index contributed by atoms with van der Waals surface area (Å²) >= 11 is 0. The average Bonchev–Trinajstić information content (AvgIpc) is 2.41. The molecular formula is C17H26O3. The van der Waals surface area contributed by atoms with E-state index in [-0.39, 0.29) is 11.5 Å². The van der Waals surface area contributed by atoms with Gasteiger partial charge in [-0.3, -0.25) is 4.79 Å². The van der Waals surface area contributed by atoms with Crippen LogP contribution in [-0.2, 0) is 6.42 Å². The van der Waals surface area contributed by atoms with Gasteiger partial charge in [-0.1, -0.05) is 39.5 Å². The molecule has 1 aromatic carbocycles. The molecule has 20 heavy (non-hydrogen) atoms. The predicted octanol–water partition coefficient (Wildman–Crippen LogP) is 4.51. The first-order chi connectivity index (χ1) is 9.61. The lowest BCUT2D eigenvalue weighted by atomic mass is 10.0. The third kappa shape index (κ3) is 4.55. The van der Waals surface area contributed by atoms with Crippen LogP contribution in [0, 0.1) is 0 Å². The topological polar surface area (TPSA) is 46.5 Å². The number of unbranched alkanes of at least 4 members (excludes halogenated alkanes) is 3. The molecule has 0 saturated heterocycles. The van der Waals surface area contributed by atoms with Gasteiger partial charge in [-0.15, -0.1) is 0 Å². The van der Waals surface area contributed by atoms with Crippen LogP contribution in [0.1, 0.15) is 68.8 Å². The molecule has 0 bridgehead atoms. The molecule has 0 unspecified atom stereocenters. The maximum absolute atomic E-state index is 11.5. The van der Waals surface area contributed by atoms with Crippen LogP contribution in [0.5, 0.6) is 11.5 Å². The van der Waals surface area contributed by atoms with E-state index in [1.807, 2.05) is 6.92 Å². The fourth-order valence-corrected chi connectivity index (χ4v) is 2.24. The predicted molar refractivity (Wildman–Crippen MR) is 81.7 cm³/mol. The number of rotatable bonds is 9. The van der Waals surface area contributed by atoms with Gasteiger partial charge in [0.05, 0.1) is 12.2 Å². The van der Waals surface area contributed by atoms with Gasteiger partial charge in [0.25, 0.3) is 0 Å². The van der Waals surface area contributed by atoms with Crippen LogP contribution in [0.3, 0.4) is 0 Å². The zero-order chi connectivity index (χ0) is 15.0. The minimum absolute atomic E-state index is 0.0883. The number of ketones is 1. The number of Topliss-reactive ketones (excluding diaryl/α,β-unsaturated/α-hetero) is 1. The van der Waals surface area contributed by atoms with E-state index in [0.29, 0.717) is 17.9 Å². The SMILES string of the molecule is CCCCCCOc1ccc(C(C)=O)c(O)c1CCC. The molecule has 0 spiro atoms. The second kappa shape index (κ2) is 8.62. The fraction of sp³-hybridized carbons (Fsp3) is 0.588. The Labute approximate surface area is 122 Å². The van der Waals surface area contributed by atoms with Crippen molar-refractivity contribution in [3.8, 4) is 11.5 Å². The molecule has 0 aromatic heterocycles. The smallest absolute Gasteiger partial charge is 0.163 e. The van der Waals surface area contributed by atoms with Crippen LogP contribution in [0.2, 0.25) is 0 Å². The third-order valence-corrected chi connectivity index (χ3v) is 3.37. The summed E-state index contributed by atoms with van der Waals surface area (Å²) < 4.78 is 5.78. The van der Waals surface area contributed by atoms with E-state index in [1.54, 1.807) is 12.1 Å². The van der Waals surface area contributed by atoms with E-state index in [0.717, 1.165) is 31.2 Å². The molecule has 1 N–H and O–H groups in total. The molecule has 0 atom stereocenters. The molecule has 0 saturated carbocycles.